The summed E-state index contributed by atoms with van der Waals surface area (Å²) < 4.78 is 37.6. The zero-order valence-electron chi connectivity index (χ0n) is 11.2. The molecule has 0 aliphatic heterocycles. The summed E-state index contributed by atoms with van der Waals surface area (Å²) in [6.07, 6.45) is -2.99. The highest BCUT2D eigenvalue weighted by molar-refractivity contribution is 5.59. The first-order valence-corrected chi connectivity index (χ1v) is 6.38. The van der Waals surface area contributed by atoms with Crippen molar-refractivity contribution < 1.29 is 18.3 Å². The maximum absolute atomic E-state index is 12.5. The van der Waals surface area contributed by atoms with E-state index in [0.717, 1.165) is 18.6 Å². The van der Waals surface area contributed by atoms with Crippen molar-refractivity contribution in [2.24, 2.45) is 5.92 Å². The largest absolute Gasteiger partial charge is 0.416 e. The average Bonchev–Trinajstić information content (AvgIpc) is 2.42. The number of aliphatic hydroxyl groups is 1. The van der Waals surface area contributed by atoms with Gasteiger partial charge in [-0.25, -0.2) is 0 Å². The zero-order valence-corrected chi connectivity index (χ0v) is 11.2. The number of nitriles is 1. The van der Waals surface area contributed by atoms with Crippen LogP contribution in [0.25, 0.3) is 0 Å². The fourth-order valence-corrected chi connectivity index (χ4v) is 1.85. The van der Waals surface area contributed by atoms with Gasteiger partial charge in [0.25, 0.3) is 0 Å². The van der Waals surface area contributed by atoms with Gasteiger partial charge in [0.1, 0.15) is 6.07 Å². The van der Waals surface area contributed by atoms with E-state index < -0.39 is 11.7 Å². The predicted octanol–water partition coefficient (Wildman–Crippen LogP) is 3.40. The first-order chi connectivity index (χ1) is 9.42. The molecule has 0 saturated carbocycles. The van der Waals surface area contributed by atoms with Gasteiger partial charge in [0, 0.05) is 13.2 Å². The Bertz CT molecular complexity index is 480. The second kappa shape index (κ2) is 7.15. The first kappa shape index (κ1) is 16.3. The summed E-state index contributed by atoms with van der Waals surface area (Å²) in [6, 6.07) is 4.84. The van der Waals surface area contributed by atoms with Gasteiger partial charge in [-0.2, -0.15) is 18.4 Å². The van der Waals surface area contributed by atoms with Crippen molar-refractivity contribution in [1.29, 1.82) is 5.26 Å². The van der Waals surface area contributed by atoms with Crippen LogP contribution < -0.4 is 5.32 Å². The molecular formula is C14H17F3N2O. The van der Waals surface area contributed by atoms with Crippen LogP contribution >= 0.6 is 0 Å². The highest BCUT2D eigenvalue weighted by Crippen LogP contribution is 2.31. The molecule has 1 aromatic rings. The number of rotatable bonds is 6. The van der Waals surface area contributed by atoms with Crippen molar-refractivity contribution in [3.63, 3.8) is 0 Å². The fraction of sp³-hybridized carbons (Fsp3) is 0.500. The third-order valence-corrected chi connectivity index (χ3v) is 3.16. The molecule has 3 nitrogen and oxygen atoms in total. The molecule has 0 fully saturated rings. The van der Waals surface area contributed by atoms with Crippen LogP contribution in [-0.4, -0.2) is 18.3 Å². The van der Waals surface area contributed by atoms with Crippen molar-refractivity contribution in [2.45, 2.75) is 25.9 Å². The molecule has 110 valence electrons. The van der Waals surface area contributed by atoms with Crippen LogP contribution in [0.2, 0.25) is 0 Å². The Morgan fingerprint density at radius 3 is 2.60 bits per heavy atom. The van der Waals surface area contributed by atoms with Crippen molar-refractivity contribution in [3.8, 4) is 6.07 Å². The van der Waals surface area contributed by atoms with Gasteiger partial charge in [-0.1, -0.05) is 13.3 Å². The minimum absolute atomic E-state index is 0.0290. The van der Waals surface area contributed by atoms with Crippen molar-refractivity contribution in [1.82, 2.24) is 0 Å². The fourth-order valence-electron chi connectivity index (χ4n) is 1.85. The molecule has 0 spiro atoms. The summed E-state index contributed by atoms with van der Waals surface area (Å²) in [5, 5.41) is 20.8. The molecule has 0 heterocycles. The molecule has 0 aliphatic rings. The first-order valence-electron chi connectivity index (χ1n) is 6.38. The van der Waals surface area contributed by atoms with Crippen LogP contribution in [0, 0.1) is 17.2 Å². The number of benzene rings is 1. The smallest absolute Gasteiger partial charge is 0.396 e. The molecule has 0 bridgehead atoms. The Labute approximate surface area is 116 Å². The lowest BCUT2D eigenvalue weighted by molar-refractivity contribution is -0.137. The van der Waals surface area contributed by atoms with Crippen LogP contribution in [0.3, 0.4) is 0 Å². The summed E-state index contributed by atoms with van der Waals surface area (Å²) in [7, 11) is 0. The molecule has 0 saturated heterocycles. The lowest BCUT2D eigenvalue weighted by Gasteiger charge is -2.16. The van der Waals surface area contributed by atoms with Crippen LogP contribution in [0.4, 0.5) is 18.9 Å². The number of alkyl halides is 3. The van der Waals surface area contributed by atoms with E-state index in [1.165, 1.54) is 6.07 Å². The maximum atomic E-state index is 12.5. The molecule has 1 atom stereocenters. The van der Waals surface area contributed by atoms with E-state index >= 15 is 0 Å². The Morgan fingerprint density at radius 2 is 2.10 bits per heavy atom. The molecule has 0 amide bonds. The number of hydrogen-bond donors (Lipinski definition) is 2. The van der Waals surface area contributed by atoms with E-state index in [0.29, 0.717) is 18.7 Å². The monoisotopic (exact) mass is 286 g/mol. The molecule has 1 unspecified atom stereocenters. The number of halogens is 3. The molecule has 20 heavy (non-hydrogen) atoms. The summed E-state index contributed by atoms with van der Waals surface area (Å²) >= 11 is 0. The van der Waals surface area contributed by atoms with Gasteiger partial charge in [0.05, 0.1) is 16.8 Å². The van der Waals surface area contributed by atoms with Crippen LogP contribution in [0.5, 0.6) is 0 Å². The summed E-state index contributed by atoms with van der Waals surface area (Å²) in [6.45, 7) is 2.55. The average molecular weight is 286 g/mol. The van der Waals surface area contributed by atoms with Gasteiger partial charge in [-0.3, -0.25) is 0 Å². The molecule has 0 aromatic heterocycles. The van der Waals surface area contributed by atoms with E-state index in [-0.39, 0.29) is 18.1 Å². The SMILES string of the molecule is CCC(CCO)CNc1ccc(C(F)(F)F)cc1C#N. The number of anilines is 1. The summed E-state index contributed by atoms with van der Waals surface area (Å²) in [5.74, 6) is 0.217. The molecule has 1 aromatic carbocycles. The zero-order chi connectivity index (χ0) is 15.2. The second-order valence-corrected chi connectivity index (χ2v) is 4.54. The van der Waals surface area contributed by atoms with E-state index in [1.807, 2.05) is 6.92 Å². The summed E-state index contributed by atoms with van der Waals surface area (Å²) in [4.78, 5) is 0. The van der Waals surface area contributed by atoms with Crippen molar-refractivity contribution in [3.05, 3.63) is 29.3 Å². The second-order valence-electron chi connectivity index (χ2n) is 4.54. The minimum atomic E-state index is -4.45. The third-order valence-electron chi connectivity index (χ3n) is 3.16. The molecule has 0 aliphatic carbocycles. The Hall–Kier alpha value is -1.74. The van der Waals surface area contributed by atoms with E-state index in [2.05, 4.69) is 5.32 Å². The molecule has 6 heteroatoms. The standard InChI is InChI=1S/C14H17F3N2O/c1-2-10(5-6-20)9-19-13-4-3-12(14(15,16)17)7-11(13)8-18/h3-4,7,10,19-20H,2,5-6,9H2,1H3. The number of nitrogens with one attached hydrogen (secondary N) is 1. The minimum Gasteiger partial charge on any atom is -0.396 e. The van der Waals surface area contributed by atoms with Gasteiger partial charge >= 0.3 is 6.18 Å². The molecule has 2 N–H and O–H groups in total. The predicted molar refractivity (Wildman–Crippen MR) is 70.1 cm³/mol. The normalized spacial score (nSPS) is 12.8. The Morgan fingerprint density at radius 1 is 1.40 bits per heavy atom. The number of aliphatic hydroxyl groups excluding tert-OH is 1. The van der Waals surface area contributed by atoms with Gasteiger partial charge in [0.2, 0.25) is 0 Å². The highest BCUT2D eigenvalue weighted by Gasteiger charge is 2.31. The summed E-state index contributed by atoms with van der Waals surface area (Å²) in [5.41, 5.74) is -0.474. The van der Waals surface area contributed by atoms with E-state index in [4.69, 9.17) is 10.4 Å². The number of hydrogen-bond acceptors (Lipinski definition) is 3. The highest BCUT2D eigenvalue weighted by atomic mass is 19.4. The van der Waals surface area contributed by atoms with Gasteiger partial charge in [0.15, 0.2) is 0 Å². The van der Waals surface area contributed by atoms with E-state index in [9.17, 15) is 13.2 Å². The van der Waals surface area contributed by atoms with Gasteiger partial charge < -0.3 is 10.4 Å². The molecule has 0 radical (unpaired) electrons. The molecule has 1 rings (SSSR count). The Balaban J connectivity index is 2.84. The molecular weight excluding hydrogens is 269 g/mol. The topological polar surface area (TPSA) is 56.0 Å². The maximum Gasteiger partial charge on any atom is 0.416 e. The van der Waals surface area contributed by atoms with Gasteiger partial charge in [-0.15, -0.1) is 0 Å². The Kier molecular flexibility index (Phi) is 5.83. The van der Waals surface area contributed by atoms with Crippen molar-refractivity contribution in [2.75, 3.05) is 18.5 Å². The van der Waals surface area contributed by atoms with Gasteiger partial charge in [-0.05, 0) is 30.5 Å². The van der Waals surface area contributed by atoms with Crippen LogP contribution in [0.1, 0.15) is 30.9 Å². The number of nitrogens with zero attached hydrogens (tertiary/aromatic N) is 1. The van der Waals surface area contributed by atoms with Crippen LogP contribution in [0.15, 0.2) is 18.2 Å². The van der Waals surface area contributed by atoms with Crippen LogP contribution in [-0.2, 0) is 6.18 Å². The van der Waals surface area contributed by atoms with Crippen molar-refractivity contribution >= 4 is 5.69 Å². The third kappa shape index (κ3) is 4.42. The van der Waals surface area contributed by atoms with E-state index in [1.54, 1.807) is 6.07 Å². The lowest BCUT2D eigenvalue weighted by Crippen LogP contribution is -2.16. The lowest BCUT2D eigenvalue weighted by atomic mass is 10.0. The quantitative estimate of drug-likeness (QED) is 0.842.